The van der Waals surface area contributed by atoms with Crippen LogP contribution < -0.4 is 15.6 Å². The predicted octanol–water partition coefficient (Wildman–Crippen LogP) is 21.7. The summed E-state index contributed by atoms with van der Waals surface area (Å²) in [6, 6.07) is 68.9. The van der Waals surface area contributed by atoms with Crippen LogP contribution in [0.2, 0.25) is 0 Å². The highest BCUT2D eigenvalue weighted by atomic mass is 28.3. The van der Waals surface area contributed by atoms with E-state index < -0.39 is 8.07 Å². The quantitative estimate of drug-likeness (QED) is 0.0469. The Kier molecular flexibility index (Phi) is 20.0. The van der Waals surface area contributed by atoms with Crippen LogP contribution >= 0.6 is 0 Å². The normalized spacial score (nSPS) is 13.6. The maximum Gasteiger partial charge on any atom is 0.176 e. The predicted molar refractivity (Wildman–Crippen MR) is 389 cm³/mol. The Balaban J connectivity index is 1.51. The monoisotopic (exact) mass is 1170 g/mol. The molecule has 1 unspecified atom stereocenters. The molecule has 1 aliphatic carbocycles. The maximum absolute atomic E-state index is 3.61. The molecule has 88 heavy (non-hydrogen) atoms. The molecule has 1 atom stereocenters. The summed E-state index contributed by atoms with van der Waals surface area (Å²) in [5.74, 6) is 0.179. The first-order chi connectivity index (χ1) is 42.6. The minimum Gasteiger partial charge on any atom is -0.0636 e. The average Bonchev–Trinajstić information content (AvgIpc) is 1.31. The minimum atomic E-state index is -3.61. The number of hydrogen-bond donors (Lipinski definition) is 0. The molecular weight excluding hydrogens is 1070 g/mol. The van der Waals surface area contributed by atoms with Crippen LogP contribution in [0.4, 0.5) is 0 Å². The Morgan fingerprint density at radius 1 is 0.216 bits per heavy atom. The molecule has 0 fully saturated rings. The van der Waals surface area contributed by atoms with Gasteiger partial charge in [-0.1, -0.05) is 252 Å². The molecule has 452 valence electrons. The van der Waals surface area contributed by atoms with E-state index in [1.807, 2.05) is 0 Å². The third kappa shape index (κ3) is 12.8. The van der Waals surface area contributed by atoms with E-state index in [0.717, 1.165) is 77.0 Å². The molecule has 0 heterocycles. The molecule has 9 aromatic rings. The Labute approximate surface area is 533 Å². The van der Waals surface area contributed by atoms with Gasteiger partial charge in [-0.05, 0) is 277 Å². The molecule has 10 rings (SSSR count). The Morgan fingerprint density at radius 2 is 0.375 bits per heavy atom. The number of aryl methyl sites for hydroxylation is 12. The van der Waals surface area contributed by atoms with E-state index in [1.165, 1.54) is 166 Å². The van der Waals surface area contributed by atoms with Gasteiger partial charge in [-0.3, -0.25) is 0 Å². The van der Waals surface area contributed by atoms with Crippen molar-refractivity contribution in [3.8, 4) is 66.8 Å². The van der Waals surface area contributed by atoms with Gasteiger partial charge in [0.15, 0.2) is 8.07 Å². The van der Waals surface area contributed by atoms with E-state index in [1.54, 1.807) is 5.20 Å². The molecule has 0 nitrogen and oxygen atoms in total. The van der Waals surface area contributed by atoms with Crippen molar-refractivity contribution in [1.82, 2.24) is 0 Å². The van der Waals surface area contributed by atoms with Crippen LogP contribution in [0.1, 0.15) is 178 Å². The van der Waals surface area contributed by atoms with Gasteiger partial charge in [-0.2, -0.15) is 0 Å². The third-order valence-electron chi connectivity index (χ3n) is 20.4. The van der Waals surface area contributed by atoms with Gasteiger partial charge in [0, 0.05) is 0 Å². The Morgan fingerprint density at radius 3 is 0.511 bits per heavy atom. The van der Waals surface area contributed by atoms with Gasteiger partial charge < -0.3 is 0 Å². The standard InChI is InChI=1S/C87H100Si/c1-17-60-29-61(18-2)36-72(35-60)78-47-79(73-37-62(19-3)30-63(20-4)38-73)51-84(50-78)88(87-58(15)56(13)57(14)59(87)16,85-52-80(74-39-64(21-5)31-65(22-6)40-74)48-81(53-85)75-41-66(23-7)32-67(24-8)42-75)86-54-82(76-43-68(25-9)33-69(26-10)44-76)49-83(55-86)77-45-70(27-11)34-71(28-12)46-77/h29-55,58H,17-28H2,1-16H3. The van der Waals surface area contributed by atoms with Gasteiger partial charge in [-0.15, -0.1) is 0 Å². The van der Waals surface area contributed by atoms with Crippen LogP contribution in [-0.4, -0.2) is 8.07 Å². The molecule has 0 radical (unpaired) electrons. The zero-order valence-electron chi connectivity index (χ0n) is 56.7. The number of allylic oxidation sites excluding steroid dienone is 4. The summed E-state index contributed by atoms with van der Waals surface area (Å²) in [6.07, 6.45) is 11.8. The molecule has 0 saturated heterocycles. The van der Waals surface area contributed by atoms with E-state index in [4.69, 9.17) is 0 Å². The summed E-state index contributed by atoms with van der Waals surface area (Å²) in [5, 5.41) is 5.93. The molecule has 0 spiro atoms. The minimum absolute atomic E-state index is 0.179. The maximum atomic E-state index is 2.72. The molecule has 0 aromatic heterocycles. The van der Waals surface area contributed by atoms with Crippen LogP contribution in [0.3, 0.4) is 0 Å². The lowest BCUT2D eigenvalue weighted by molar-refractivity contribution is 0.851. The summed E-state index contributed by atoms with van der Waals surface area (Å²) in [4.78, 5) is 0. The van der Waals surface area contributed by atoms with Crippen molar-refractivity contribution >= 4 is 23.6 Å². The number of hydrogen-bond acceptors (Lipinski definition) is 0. The van der Waals surface area contributed by atoms with Crippen molar-refractivity contribution in [1.29, 1.82) is 0 Å². The molecule has 0 bridgehead atoms. The lowest BCUT2D eigenvalue weighted by atomic mass is 9.93. The second kappa shape index (κ2) is 27.6. The summed E-state index contributed by atoms with van der Waals surface area (Å²) in [6.45, 7) is 37.8. The second-order valence-corrected chi connectivity index (χ2v) is 29.5. The molecule has 0 saturated carbocycles. The number of benzene rings is 9. The summed E-state index contributed by atoms with van der Waals surface area (Å²) in [5.41, 5.74) is 36.7. The van der Waals surface area contributed by atoms with E-state index in [0.29, 0.717) is 0 Å². The largest absolute Gasteiger partial charge is 0.176 e. The first kappa shape index (κ1) is 63.7. The van der Waals surface area contributed by atoms with Gasteiger partial charge >= 0.3 is 0 Å². The lowest BCUT2D eigenvalue weighted by Gasteiger charge is -2.40. The van der Waals surface area contributed by atoms with Crippen LogP contribution in [0.15, 0.2) is 186 Å². The topological polar surface area (TPSA) is 0 Å². The fraction of sp³-hybridized carbons (Fsp3) is 0.333. The zero-order chi connectivity index (χ0) is 62.6. The molecular formula is C87H100Si. The smallest absolute Gasteiger partial charge is 0.0636 e. The van der Waals surface area contributed by atoms with Crippen molar-refractivity contribution < 1.29 is 0 Å². The highest BCUT2D eigenvalue weighted by molar-refractivity contribution is 7.16. The molecule has 0 aliphatic heterocycles. The zero-order valence-corrected chi connectivity index (χ0v) is 57.7. The molecule has 0 N–H and O–H groups in total. The molecule has 1 heteroatoms. The van der Waals surface area contributed by atoms with E-state index in [-0.39, 0.29) is 5.92 Å². The van der Waals surface area contributed by atoms with E-state index in [2.05, 4.69) is 275 Å². The van der Waals surface area contributed by atoms with Crippen LogP contribution in [0.25, 0.3) is 66.8 Å². The van der Waals surface area contributed by atoms with Crippen molar-refractivity contribution in [2.45, 2.75) is 188 Å². The molecule has 9 aromatic carbocycles. The van der Waals surface area contributed by atoms with Crippen LogP contribution in [-0.2, 0) is 77.0 Å². The SMILES string of the molecule is CCc1cc(CC)cc(-c2cc(-c3cc(CC)cc(CC)c3)cc([Si](C3=C(C)C(C)=C(C)C3C)(c3cc(-c4cc(CC)cc(CC)c4)cc(-c4cc(CC)cc(CC)c4)c3)c3cc(-c4cc(CC)cc(CC)c4)cc(-c4cc(CC)cc(CC)c4)c3)c2)c1. The van der Waals surface area contributed by atoms with Crippen molar-refractivity contribution in [2.24, 2.45) is 5.92 Å². The number of rotatable bonds is 22. The van der Waals surface area contributed by atoms with Gasteiger partial charge in [0.1, 0.15) is 0 Å². The van der Waals surface area contributed by atoms with E-state index >= 15 is 0 Å². The summed E-state index contributed by atoms with van der Waals surface area (Å²) < 4.78 is 0. The van der Waals surface area contributed by atoms with Gasteiger partial charge in [0.05, 0.1) is 0 Å². The summed E-state index contributed by atoms with van der Waals surface area (Å²) in [7, 11) is -3.61. The van der Waals surface area contributed by atoms with Crippen molar-refractivity contribution in [3.05, 3.63) is 252 Å². The van der Waals surface area contributed by atoms with Crippen LogP contribution in [0, 0.1) is 5.92 Å². The van der Waals surface area contributed by atoms with Gasteiger partial charge in [-0.25, -0.2) is 0 Å². The van der Waals surface area contributed by atoms with Crippen molar-refractivity contribution in [3.63, 3.8) is 0 Å². The first-order valence-electron chi connectivity index (χ1n) is 34.2. The average molecular weight is 1170 g/mol. The first-order valence-corrected chi connectivity index (χ1v) is 36.2. The fourth-order valence-corrected chi connectivity index (χ4v) is 20.3. The second-order valence-electron chi connectivity index (χ2n) is 25.7. The molecule has 1 aliphatic rings. The highest BCUT2D eigenvalue weighted by Crippen LogP contribution is 2.45. The summed E-state index contributed by atoms with van der Waals surface area (Å²) >= 11 is 0. The van der Waals surface area contributed by atoms with Crippen molar-refractivity contribution in [2.75, 3.05) is 0 Å². The lowest BCUT2D eigenvalue weighted by Crippen LogP contribution is -2.69. The molecule has 0 amide bonds. The van der Waals surface area contributed by atoms with Gasteiger partial charge in [0.25, 0.3) is 0 Å². The van der Waals surface area contributed by atoms with Crippen LogP contribution in [0.5, 0.6) is 0 Å². The fourth-order valence-electron chi connectivity index (χ4n) is 14.5. The highest BCUT2D eigenvalue weighted by Gasteiger charge is 2.49. The third-order valence-corrected chi connectivity index (χ3v) is 25.4. The van der Waals surface area contributed by atoms with E-state index in [9.17, 15) is 0 Å². The Bertz CT molecular complexity index is 3380. The van der Waals surface area contributed by atoms with Gasteiger partial charge in [0.2, 0.25) is 0 Å². The Hall–Kier alpha value is -7.32.